The molecule has 5 rings (SSSR count). The molecule has 0 spiro atoms. The van der Waals surface area contributed by atoms with Crippen LogP contribution in [0.4, 0.5) is 0 Å². The summed E-state index contributed by atoms with van der Waals surface area (Å²) in [4.78, 5) is 33.9. The summed E-state index contributed by atoms with van der Waals surface area (Å²) in [6, 6.07) is 15.5. The second-order valence-corrected chi connectivity index (χ2v) is 10.5. The van der Waals surface area contributed by atoms with Crippen molar-refractivity contribution < 1.29 is 9.59 Å². The highest BCUT2D eigenvalue weighted by Crippen LogP contribution is 2.32. The predicted octanol–water partition coefficient (Wildman–Crippen LogP) is 4.84. The molecule has 2 heterocycles. The number of nitrogens with zero attached hydrogens (tertiary/aromatic N) is 3. The Bertz CT molecular complexity index is 1210. The molecule has 1 saturated carbocycles. The number of carbonyl (C=O) groups is 2. The summed E-state index contributed by atoms with van der Waals surface area (Å²) in [5, 5.41) is 3.97. The van der Waals surface area contributed by atoms with Crippen LogP contribution in [0.2, 0.25) is 5.02 Å². The first-order chi connectivity index (χ1) is 16.3. The summed E-state index contributed by atoms with van der Waals surface area (Å²) in [5.74, 6) is 0.816. The van der Waals surface area contributed by atoms with Crippen LogP contribution in [0.3, 0.4) is 0 Å². The molecule has 1 N–H and O–H groups in total. The topological polar surface area (TPSA) is 67.2 Å². The fraction of sp³-hybridized carbons (Fsp3) is 0.444. The van der Waals surface area contributed by atoms with Crippen molar-refractivity contribution in [3.8, 4) is 0 Å². The van der Waals surface area contributed by atoms with E-state index in [-0.39, 0.29) is 17.9 Å². The lowest BCUT2D eigenvalue weighted by atomic mass is 9.86. The summed E-state index contributed by atoms with van der Waals surface area (Å²) in [6.45, 7) is 4.97. The number of halogens is 1. The van der Waals surface area contributed by atoms with Gasteiger partial charge in [-0.1, -0.05) is 42.8 Å². The normalized spacial score (nSPS) is 24.8. The summed E-state index contributed by atoms with van der Waals surface area (Å²) >= 11 is 6.04. The van der Waals surface area contributed by atoms with Gasteiger partial charge in [-0.3, -0.25) is 9.59 Å². The predicted molar refractivity (Wildman–Crippen MR) is 134 cm³/mol. The highest BCUT2D eigenvalue weighted by Gasteiger charge is 2.48. The zero-order chi connectivity index (χ0) is 23.9. The fourth-order valence-corrected chi connectivity index (χ4v) is 5.44. The molecule has 6 nitrogen and oxygen atoms in total. The number of imidazole rings is 1. The summed E-state index contributed by atoms with van der Waals surface area (Å²) in [5.41, 5.74) is 1.71. The van der Waals surface area contributed by atoms with Crippen LogP contribution in [0, 0.1) is 5.92 Å². The number of fused-ring (bicyclic) bond motifs is 3. The van der Waals surface area contributed by atoms with Gasteiger partial charge in [0, 0.05) is 17.6 Å². The maximum atomic E-state index is 13.8. The van der Waals surface area contributed by atoms with E-state index in [1.807, 2.05) is 60.0 Å². The Balaban J connectivity index is 1.46. The molecule has 1 aliphatic heterocycles. The first kappa shape index (κ1) is 22.9. The quantitative estimate of drug-likeness (QED) is 0.570. The van der Waals surface area contributed by atoms with E-state index >= 15 is 0 Å². The average Bonchev–Trinajstić information content (AvgIpc) is 3.20. The van der Waals surface area contributed by atoms with Gasteiger partial charge in [0.25, 0.3) is 5.91 Å². The molecule has 7 heteroatoms. The lowest BCUT2D eigenvalue weighted by molar-refractivity contribution is -0.133. The van der Waals surface area contributed by atoms with Crippen molar-refractivity contribution >= 4 is 34.4 Å². The van der Waals surface area contributed by atoms with E-state index in [0.29, 0.717) is 36.3 Å². The molecule has 2 aliphatic rings. The Kier molecular flexibility index (Phi) is 6.11. The van der Waals surface area contributed by atoms with Gasteiger partial charge in [0.05, 0.1) is 17.6 Å². The highest BCUT2D eigenvalue weighted by atomic mass is 35.5. The van der Waals surface area contributed by atoms with Crippen molar-refractivity contribution in [2.45, 2.75) is 64.1 Å². The van der Waals surface area contributed by atoms with Crippen LogP contribution in [0.25, 0.3) is 11.0 Å². The Morgan fingerprint density at radius 2 is 1.82 bits per heavy atom. The van der Waals surface area contributed by atoms with E-state index in [9.17, 15) is 9.59 Å². The van der Waals surface area contributed by atoms with Crippen molar-refractivity contribution in [1.82, 2.24) is 19.8 Å². The zero-order valence-corrected chi connectivity index (χ0v) is 20.5. The van der Waals surface area contributed by atoms with Gasteiger partial charge in [-0.25, -0.2) is 4.98 Å². The lowest BCUT2D eigenvalue weighted by Crippen LogP contribution is -2.65. The third kappa shape index (κ3) is 4.20. The number of amides is 2. The molecular weight excluding hydrogens is 448 g/mol. The SMILES string of the molecule is CC1CCC(NC(=O)C2(C)Cn3c(nc4ccccc43)C(=O)N2CCc2ccc(Cl)cc2)CC1. The minimum absolute atomic E-state index is 0.0834. The van der Waals surface area contributed by atoms with Crippen LogP contribution in [0.5, 0.6) is 0 Å². The van der Waals surface area contributed by atoms with Crippen LogP contribution in [0.1, 0.15) is 55.7 Å². The third-order valence-corrected chi connectivity index (χ3v) is 7.78. The highest BCUT2D eigenvalue weighted by molar-refractivity contribution is 6.30. The molecule has 2 aromatic carbocycles. The maximum absolute atomic E-state index is 13.8. The molecule has 3 aromatic rings. The first-order valence-electron chi connectivity index (χ1n) is 12.2. The molecule has 1 unspecified atom stereocenters. The van der Waals surface area contributed by atoms with E-state index < -0.39 is 5.54 Å². The minimum Gasteiger partial charge on any atom is -0.351 e. The van der Waals surface area contributed by atoms with Crippen molar-refractivity contribution in [2.75, 3.05) is 6.54 Å². The monoisotopic (exact) mass is 478 g/mol. The van der Waals surface area contributed by atoms with Crippen molar-refractivity contribution in [1.29, 1.82) is 0 Å². The Labute approximate surface area is 205 Å². The van der Waals surface area contributed by atoms with Gasteiger partial charge in [0.2, 0.25) is 5.91 Å². The molecule has 178 valence electrons. The van der Waals surface area contributed by atoms with Gasteiger partial charge in [-0.05, 0) is 74.8 Å². The minimum atomic E-state index is -1.01. The molecule has 34 heavy (non-hydrogen) atoms. The molecule has 1 atom stereocenters. The number of nitrogens with one attached hydrogen (secondary N) is 1. The Morgan fingerprint density at radius 3 is 2.56 bits per heavy atom. The largest absolute Gasteiger partial charge is 0.351 e. The first-order valence-corrected chi connectivity index (χ1v) is 12.6. The number of benzene rings is 2. The average molecular weight is 479 g/mol. The zero-order valence-electron chi connectivity index (χ0n) is 19.8. The van der Waals surface area contributed by atoms with Crippen LogP contribution >= 0.6 is 11.6 Å². The molecule has 0 radical (unpaired) electrons. The second kappa shape index (κ2) is 9.06. The van der Waals surface area contributed by atoms with Crippen LogP contribution in [0.15, 0.2) is 48.5 Å². The Hall–Kier alpha value is -2.86. The number of aromatic nitrogens is 2. The van der Waals surface area contributed by atoms with Crippen LogP contribution in [-0.2, 0) is 17.8 Å². The summed E-state index contributed by atoms with van der Waals surface area (Å²) in [6.07, 6.45) is 4.85. The van der Waals surface area contributed by atoms with Crippen molar-refractivity contribution in [3.05, 3.63) is 64.9 Å². The van der Waals surface area contributed by atoms with Gasteiger partial charge in [0.1, 0.15) is 5.54 Å². The number of hydrogen-bond donors (Lipinski definition) is 1. The summed E-state index contributed by atoms with van der Waals surface area (Å²) in [7, 11) is 0. The molecule has 2 amide bonds. The van der Waals surface area contributed by atoms with Gasteiger partial charge >= 0.3 is 0 Å². The number of hydrogen-bond acceptors (Lipinski definition) is 3. The number of rotatable bonds is 5. The van der Waals surface area contributed by atoms with E-state index in [2.05, 4.69) is 17.2 Å². The second-order valence-electron chi connectivity index (χ2n) is 10.0. The Morgan fingerprint density at radius 1 is 1.12 bits per heavy atom. The van der Waals surface area contributed by atoms with Gasteiger partial charge in [-0.15, -0.1) is 0 Å². The van der Waals surface area contributed by atoms with E-state index in [0.717, 1.165) is 42.3 Å². The molecule has 1 fully saturated rings. The number of para-hydroxylation sites is 2. The van der Waals surface area contributed by atoms with E-state index in [1.165, 1.54) is 0 Å². The van der Waals surface area contributed by atoms with Crippen LogP contribution < -0.4 is 5.32 Å². The van der Waals surface area contributed by atoms with Crippen molar-refractivity contribution in [3.63, 3.8) is 0 Å². The van der Waals surface area contributed by atoms with E-state index in [4.69, 9.17) is 11.6 Å². The number of carbonyl (C=O) groups excluding carboxylic acids is 2. The molecule has 0 bridgehead atoms. The molecule has 1 aromatic heterocycles. The smallest absolute Gasteiger partial charge is 0.290 e. The van der Waals surface area contributed by atoms with E-state index in [1.54, 1.807) is 4.90 Å². The lowest BCUT2D eigenvalue weighted by Gasteiger charge is -2.44. The molecule has 0 saturated heterocycles. The summed E-state index contributed by atoms with van der Waals surface area (Å²) < 4.78 is 1.92. The van der Waals surface area contributed by atoms with Crippen molar-refractivity contribution in [2.24, 2.45) is 5.92 Å². The fourth-order valence-electron chi connectivity index (χ4n) is 5.32. The maximum Gasteiger partial charge on any atom is 0.290 e. The van der Waals surface area contributed by atoms with Gasteiger partial charge < -0.3 is 14.8 Å². The molecule has 1 aliphatic carbocycles. The third-order valence-electron chi connectivity index (χ3n) is 7.53. The standard InChI is InChI=1S/C27H31ClN4O2/c1-18-7-13-21(14-8-18)29-26(34)27(2)17-31-23-6-4-3-5-22(23)30-24(31)25(33)32(27)16-15-19-9-11-20(28)12-10-19/h3-6,9-12,18,21H,7-8,13-17H2,1-2H3,(H,29,34). The van der Waals surface area contributed by atoms with Gasteiger partial charge in [0.15, 0.2) is 5.82 Å². The molecular formula is C27H31ClN4O2. The van der Waals surface area contributed by atoms with Gasteiger partial charge in [-0.2, -0.15) is 0 Å². The van der Waals surface area contributed by atoms with Crippen LogP contribution in [-0.4, -0.2) is 44.4 Å².